The Kier molecular flexibility index (Phi) is 4.19. The molecule has 2 aromatic carbocycles. The molecule has 5 heteroatoms. The molecule has 0 bridgehead atoms. The fourth-order valence-corrected chi connectivity index (χ4v) is 2.52. The van der Waals surface area contributed by atoms with Gasteiger partial charge in [-0.1, -0.05) is 42.5 Å². The first kappa shape index (κ1) is 15.0. The molecule has 2 aromatic rings. The smallest absolute Gasteiger partial charge is 0.244 e. The Balaban J connectivity index is 1.63. The van der Waals surface area contributed by atoms with Gasteiger partial charge in [-0.05, 0) is 23.3 Å². The zero-order valence-electron chi connectivity index (χ0n) is 12.5. The molecule has 1 fully saturated rings. The summed E-state index contributed by atoms with van der Waals surface area (Å²) in [5.74, 6) is -0.949. The van der Waals surface area contributed by atoms with Gasteiger partial charge >= 0.3 is 0 Å². The first-order valence-corrected chi connectivity index (χ1v) is 7.42. The summed E-state index contributed by atoms with van der Waals surface area (Å²) >= 11 is 0. The van der Waals surface area contributed by atoms with Gasteiger partial charge < -0.3 is 5.32 Å². The molecular weight excluding hydrogens is 292 g/mol. The Bertz CT molecular complexity index is 723. The molecule has 1 heterocycles. The van der Waals surface area contributed by atoms with Gasteiger partial charge in [0.25, 0.3) is 0 Å². The minimum Gasteiger partial charge on any atom is -0.325 e. The second-order valence-corrected chi connectivity index (χ2v) is 5.37. The molecule has 5 nitrogen and oxygen atoms in total. The Morgan fingerprint density at radius 2 is 1.43 bits per heavy atom. The van der Waals surface area contributed by atoms with E-state index in [1.807, 2.05) is 42.5 Å². The molecule has 0 atom stereocenters. The van der Waals surface area contributed by atoms with Gasteiger partial charge in [-0.2, -0.15) is 0 Å². The molecule has 23 heavy (non-hydrogen) atoms. The van der Waals surface area contributed by atoms with Crippen molar-refractivity contribution in [2.45, 2.75) is 12.8 Å². The van der Waals surface area contributed by atoms with Crippen LogP contribution in [-0.2, 0) is 14.4 Å². The lowest BCUT2D eigenvalue weighted by molar-refractivity contribution is -0.141. The third kappa shape index (κ3) is 3.45. The molecule has 116 valence electrons. The maximum atomic E-state index is 12.0. The van der Waals surface area contributed by atoms with Crippen molar-refractivity contribution in [2.24, 2.45) is 0 Å². The molecule has 1 N–H and O–H groups in total. The lowest BCUT2D eigenvalue weighted by Gasteiger charge is -2.13. The fraction of sp³-hybridized carbons (Fsp3) is 0.167. The first-order valence-electron chi connectivity index (χ1n) is 7.42. The number of amides is 3. The van der Waals surface area contributed by atoms with E-state index >= 15 is 0 Å². The number of benzene rings is 2. The topological polar surface area (TPSA) is 66.5 Å². The average molecular weight is 308 g/mol. The summed E-state index contributed by atoms with van der Waals surface area (Å²) in [5.41, 5.74) is 2.78. The molecule has 0 aromatic heterocycles. The molecule has 1 aliphatic heterocycles. The van der Waals surface area contributed by atoms with Crippen LogP contribution in [0.15, 0.2) is 54.6 Å². The first-order chi connectivity index (χ1) is 11.1. The third-order valence-electron chi connectivity index (χ3n) is 3.73. The molecule has 0 aliphatic carbocycles. The van der Waals surface area contributed by atoms with E-state index in [0.717, 1.165) is 16.0 Å². The number of likely N-dealkylation sites (tertiary alicyclic amines) is 1. The number of nitrogens with zero attached hydrogens (tertiary/aromatic N) is 1. The summed E-state index contributed by atoms with van der Waals surface area (Å²) in [5, 5.41) is 2.70. The molecule has 1 saturated heterocycles. The van der Waals surface area contributed by atoms with Crippen LogP contribution in [0.25, 0.3) is 11.1 Å². The van der Waals surface area contributed by atoms with Gasteiger partial charge in [-0.15, -0.1) is 0 Å². The second kappa shape index (κ2) is 6.44. The van der Waals surface area contributed by atoms with Crippen molar-refractivity contribution in [3.05, 3.63) is 54.6 Å². The van der Waals surface area contributed by atoms with Crippen molar-refractivity contribution >= 4 is 23.4 Å². The number of rotatable bonds is 4. The number of imide groups is 1. The number of carbonyl (C=O) groups excluding carboxylic acids is 3. The van der Waals surface area contributed by atoms with Crippen molar-refractivity contribution in [3.8, 4) is 11.1 Å². The van der Waals surface area contributed by atoms with Crippen LogP contribution in [0, 0.1) is 0 Å². The van der Waals surface area contributed by atoms with Crippen molar-refractivity contribution < 1.29 is 14.4 Å². The summed E-state index contributed by atoms with van der Waals surface area (Å²) in [6.07, 6.45) is 0.385. The molecule has 1 aliphatic rings. The van der Waals surface area contributed by atoms with Gasteiger partial charge in [0.15, 0.2) is 0 Å². The molecule has 3 rings (SSSR count). The molecule has 3 amide bonds. The maximum Gasteiger partial charge on any atom is 0.244 e. The maximum absolute atomic E-state index is 12.0. The minimum absolute atomic E-state index is 0.192. The van der Waals surface area contributed by atoms with E-state index in [0.29, 0.717) is 5.69 Å². The highest BCUT2D eigenvalue weighted by atomic mass is 16.2. The van der Waals surface area contributed by atoms with Gasteiger partial charge in [0, 0.05) is 18.5 Å². The molecular formula is C18H16N2O3. The number of carbonyl (C=O) groups is 3. The summed E-state index contributed by atoms with van der Waals surface area (Å²) in [4.78, 5) is 36.0. The van der Waals surface area contributed by atoms with E-state index in [-0.39, 0.29) is 37.1 Å². The fourth-order valence-electron chi connectivity index (χ4n) is 2.52. The normalized spacial score (nSPS) is 14.2. The standard InChI is InChI=1S/C18H16N2O3/c21-16(12-20-17(22)10-11-18(20)23)19-15-8-6-14(7-9-15)13-4-2-1-3-5-13/h1-9H,10-12H2,(H,19,21). The molecule has 0 saturated carbocycles. The van der Waals surface area contributed by atoms with Crippen LogP contribution >= 0.6 is 0 Å². The average Bonchev–Trinajstić information content (AvgIpc) is 2.88. The summed E-state index contributed by atoms with van der Waals surface area (Å²) in [7, 11) is 0. The number of anilines is 1. The zero-order valence-corrected chi connectivity index (χ0v) is 12.5. The second-order valence-electron chi connectivity index (χ2n) is 5.37. The number of nitrogens with one attached hydrogen (secondary N) is 1. The number of hydrogen-bond acceptors (Lipinski definition) is 3. The van der Waals surface area contributed by atoms with Crippen molar-refractivity contribution in [1.82, 2.24) is 4.90 Å². The number of hydrogen-bond donors (Lipinski definition) is 1. The lowest BCUT2D eigenvalue weighted by Crippen LogP contribution is -2.36. The van der Waals surface area contributed by atoms with Gasteiger partial charge in [0.2, 0.25) is 17.7 Å². The highest BCUT2D eigenvalue weighted by molar-refractivity contribution is 6.06. The van der Waals surface area contributed by atoms with Crippen LogP contribution in [0.3, 0.4) is 0 Å². The van der Waals surface area contributed by atoms with Gasteiger partial charge in [-0.25, -0.2) is 0 Å². The molecule has 0 spiro atoms. The summed E-state index contributed by atoms with van der Waals surface area (Å²) in [6.45, 7) is -0.224. The molecule has 0 radical (unpaired) electrons. The largest absolute Gasteiger partial charge is 0.325 e. The van der Waals surface area contributed by atoms with Crippen LogP contribution in [0.1, 0.15) is 12.8 Å². The SMILES string of the molecule is O=C(CN1C(=O)CCC1=O)Nc1ccc(-c2ccccc2)cc1. The van der Waals surface area contributed by atoms with E-state index in [9.17, 15) is 14.4 Å². The summed E-state index contributed by atoms with van der Waals surface area (Å²) < 4.78 is 0. The lowest BCUT2D eigenvalue weighted by atomic mass is 10.1. The summed E-state index contributed by atoms with van der Waals surface area (Å²) in [6, 6.07) is 17.3. The van der Waals surface area contributed by atoms with Gasteiger partial charge in [-0.3, -0.25) is 19.3 Å². The van der Waals surface area contributed by atoms with E-state index in [4.69, 9.17) is 0 Å². The van der Waals surface area contributed by atoms with Crippen LogP contribution in [-0.4, -0.2) is 29.2 Å². The Labute approximate surface area is 133 Å². The highest BCUT2D eigenvalue weighted by Crippen LogP contribution is 2.21. The van der Waals surface area contributed by atoms with E-state index in [1.54, 1.807) is 12.1 Å². The Morgan fingerprint density at radius 1 is 0.870 bits per heavy atom. The Hall–Kier alpha value is -2.95. The predicted molar refractivity (Wildman–Crippen MR) is 86.5 cm³/mol. The van der Waals surface area contributed by atoms with Crippen LogP contribution in [0.5, 0.6) is 0 Å². The quantitative estimate of drug-likeness (QED) is 0.882. The van der Waals surface area contributed by atoms with Crippen molar-refractivity contribution in [3.63, 3.8) is 0 Å². The zero-order chi connectivity index (χ0) is 16.2. The van der Waals surface area contributed by atoms with Crippen LogP contribution < -0.4 is 5.32 Å². The van der Waals surface area contributed by atoms with Gasteiger partial charge in [0.05, 0.1) is 0 Å². The van der Waals surface area contributed by atoms with E-state index in [2.05, 4.69) is 5.32 Å². The molecule has 0 unspecified atom stereocenters. The van der Waals surface area contributed by atoms with E-state index < -0.39 is 0 Å². The Morgan fingerprint density at radius 3 is 2.04 bits per heavy atom. The minimum atomic E-state index is -0.374. The van der Waals surface area contributed by atoms with Crippen molar-refractivity contribution in [2.75, 3.05) is 11.9 Å². The predicted octanol–water partition coefficient (Wildman–Crippen LogP) is 2.44. The van der Waals surface area contributed by atoms with Crippen LogP contribution in [0.4, 0.5) is 5.69 Å². The monoisotopic (exact) mass is 308 g/mol. The van der Waals surface area contributed by atoms with Gasteiger partial charge in [0.1, 0.15) is 6.54 Å². The van der Waals surface area contributed by atoms with Crippen molar-refractivity contribution in [1.29, 1.82) is 0 Å². The highest BCUT2D eigenvalue weighted by Gasteiger charge is 2.30. The third-order valence-corrected chi connectivity index (χ3v) is 3.73. The van der Waals surface area contributed by atoms with Crippen LogP contribution in [0.2, 0.25) is 0 Å². The van der Waals surface area contributed by atoms with E-state index in [1.165, 1.54) is 0 Å².